The first kappa shape index (κ1) is 13.1. The quantitative estimate of drug-likeness (QED) is 0.712. The zero-order chi connectivity index (χ0) is 12.5. The van der Waals surface area contributed by atoms with Crippen molar-refractivity contribution in [3.05, 3.63) is 0 Å². The van der Waals surface area contributed by atoms with Gasteiger partial charge in [0.05, 0.1) is 0 Å². The number of alkyl halides is 3. The van der Waals surface area contributed by atoms with Gasteiger partial charge in [-0.2, -0.15) is 22.9 Å². The van der Waals surface area contributed by atoms with Gasteiger partial charge >= 0.3 is 12.1 Å². The first-order chi connectivity index (χ1) is 7.98. The summed E-state index contributed by atoms with van der Waals surface area (Å²) in [5.41, 5.74) is 0. The molecule has 4 nitrogen and oxygen atoms in total. The molecule has 2 aliphatic rings. The fourth-order valence-corrected chi connectivity index (χ4v) is 2.20. The summed E-state index contributed by atoms with van der Waals surface area (Å²) in [6.45, 7) is 0. The summed E-state index contributed by atoms with van der Waals surface area (Å²) in [7, 11) is 0.875. The van der Waals surface area contributed by atoms with Crippen LogP contribution in [0, 0.1) is 5.92 Å². The molecule has 100 valence electrons. The topological polar surface area (TPSA) is 36.9 Å². The van der Waals surface area contributed by atoms with E-state index in [2.05, 4.69) is 14.5 Å². The van der Waals surface area contributed by atoms with Gasteiger partial charge in [-0.25, -0.2) is 0 Å². The molecule has 0 aromatic rings. The second-order valence-corrected chi connectivity index (χ2v) is 4.32. The predicted molar refractivity (Wildman–Crippen MR) is 49.4 cm³/mol. The van der Waals surface area contributed by atoms with Crippen molar-refractivity contribution in [2.24, 2.45) is 5.92 Å². The molecule has 2 rings (SSSR count). The van der Waals surface area contributed by atoms with Gasteiger partial charge in [0.25, 0.3) is 0 Å². The van der Waals surface area contributed by atoms with E-state index in [1.807, 2.05) is 0 Å². The molecule has 1 saturated carbocycles. The maximum absolute atomic E-state index is 12.7. The third-order valence-electron chi connectivity index (χ3n) is 3.17. The highest BCUT2D eigenvalue weighted by Crippen LogP contribution is 2.44. The van der Waals surface area contributed by atoms with Gasteiger partial charge in [0.2, 0.25) is 0 Å². The zero-order valence-electron chi connectivity index (χ0n) is 9.46. The molecule has 0 amide bonds. The number of halogens is 3. The molecule has 0 radical (unpaired) electrons. The predicted octanol–water partition coefficient (Wildman–Crippen LogP) is 2.73. The lowest BCUT2D eigenvalue weighted by Crippen LogP contribution is -2.48. The highest BCUT2D eigenvalue weighted by molar-refractivity contribution is 4.76. The molecule has 0 N–H and O–H groups in total. The van der Waals surface area contributed by atoms with Gasteiger partial charge in [0, 0.05) is 13.0 Å². The maximum atomic E-state index is 12.7. The van der Waals surface area contributed by atoms with E-state index in [0.29, 0.717) is 0 Å². The molecule has 0 bridgehead atoms. The molecule has 1 aliphatic heterocycles. The molecule has 0 aromatic carbocycles. The summed E-state index contributed by atoms with van der Waals surface area (Å²) in [5.74, 6) is -3.14. The molecular weight excluding hydrogens is 241 g/mol. The normalized spacial score (nSPS) is 36.4. The Morgan fingerprint density at radius 3 is 2.29 bits per heavy atom. The Labute approximate surface area is 96.9 Å². The minimum atomic E-state index is -4.79. The van der Waals surface area contributed by atoms with Crippen LogP contribution in [0.5, 0.6) is 0 Å². The second-order valence-electron chi connectivity index (χ2n) is 4.32. The van der Waals surface area contributed by atoms with Crippen LogP contribution in [0.1, 0.15) is 32.1 Å². The molecule has 0 spiro atoms. The summed E-state index contributed by atoms with van der Waals surface area (Å²) in [5, 5.41) is 0. The highest BCUT2D eigenvalue weighted by Gasteiger charge is 2.66. The molecule has 2 fully saturated rings. The van der Waals surface area contributed by atoms with Crippen molar-refractivity contribution in [2.75, 3.05) is 7.11 Å². The summed E-state index contributed by atoms with van der Waals surface area (Å²) in [6.07, 6.45) is -1.18. The standard InChI is InChI=1S/C10H15F3O4/c1-14-10(9(11,12)13)15-8(16-17-10)7-5-3-2-4-6-7/h7-8H,2-6H2,1H3. The van der Waals surface area contributed by atoms with Crippen LogP contribution in [-0.2, 0) is 19.2 Å². The Bertz CT molecular complexity index is 265. The SMILES string of the molecule is COC1(C(F)(F)F)OOC(C2CCCCC2)O1. The molecular formula is C10H15F3O4. The van der Waals surface area contributed by atoms with Gasteiger partial charge in [0.1, 0.15) is 0 Å². The van der Waals surface area contributed by atoms with Crippen molar-refractivity contribution in [3.63, 3.8) is 0 Å². The number of hydrogen-bond acceptors (Lipinski definition) is 4. The monoisotopic (exact) mass is 256 g/mol. The van der Waals surface area contributed by atoms with Crippen molar-refractivity contribution < 1.29 is 32.4 Å². The van der Waals surface area contributed by atoms with Gasteiger partial charge in [-0.3, -0.25) is 4.74 Å². The molecule has 1 saturated heterocycles. The van der Waals surface area contributed by atoms with Crippen LogP contribution < -0.4 is 0 Å². The van der Waals surface area contributed by atoms with E-state index in [1.54, 1.807) is 0 Å². The van der Waals surface area contributed by atoms with Gasteiger partial charge in [-0.15, -0.1) is 0 Å². The van der Waals surface area contributed by atoms with Crippen molar-refractivity contribution in [1.82, 2.24) is 0 Å². The zero-order valence-corrected chi connectivity index (χ0v) is 9.46. The summed E-state index contributed by atoms with van der Waals surface area (Å²) in [4.78, 5) is 8.91. The van der Waals surface area contributed by atoms with Crippen LogP contribution in [0.15, 0.2) is 0 Å². The molecule has 7 heteroatoms. The van der Waals surface area contributed by atoms with Gasteiger partial charge in [0.15, 0.2) is 6.29 Å². The van der Waals surface area contributed by atoms with Crippen molar-refractivity contribution in [3.8, 4) is 0 Å². The van der Waals surface area contributed by atoms with Crippen molar-refractivity contribution in [1.29, 1.82) is 0 Å². The third-order valence-corrected chi connectivity index (χ3v) is 3.17. The average Bonchev–Trinajstić information content (AvgIpc) is 2.75. The van der Waals surface area contributed by atoms with Gasteiger partial charge in [-0.1, -0.05) is 19.3 Å². The van der Waals surface area contributed by atoms with Crippen LogP contribution in [0.3, 0.4) is 0 Å². The Kier molecular flexibility index (Phi) is 3.63. The molecule has 2 unspecified atom stereocenters. The van der Waals surface area contributed by atoms with Crippen LogP contribution in [0.25, 0.3) is 0 Å². The van der Waals surface area contributed by atoms with E-state index in [1.165, 1.54) is 0 Å². The maximum Gasteiger partial charge on any atom is 0.475 e. The minimum absolute atomic E-state index is 0.0666. The van der Waals surface area contributed by atoms with Crippen molar-refractivity contribution >= 4 is 0 Å². The molecule has 1 aliphatic carbocycles. The fraction of sp³-hybridized carbons (Fsp3) is 1.00. The largest absolute Gasteiger partial charge is 0.475 e. The fourth-order valence-electron chi connectivity index (χ4n) is 2.20. The number of methoxy groups -OCH3 is 1. The first-order valence-corrected chi connectivity index (χ1v) is 5.63. The Hall–Kier alpha value is -0.370. The van der Waals surface area contributed by atoms with Crippen LogP contribution >= 0.6 is 0 Å². The van der Waals surface area contributed by atoms with E-state index in [4.69, 9.17) is 4.74 Å². The third kappa shape index (κ3) is 2.42. The number of ether oxygens (including phenoxy) is 2. The molecule has 1 heterocycles. The van der Waals surface area contributed by atoms with Crippen LogP contribution in [0.4, 0.5) is 13.2 Å². The van der Waals surface area contributed by atoms with Crippen LogP contribution in [-0.4, -0.2) is 25.5 Å². The lowest BCUT2D eigenvalue weighted by atomic mass is 9.89. The van der Waals surface area contributed by atoms with E-state index < -0.39 is 18.4 Å². The Morgan fingerprint density at radius 2 is 1.82 bits per heavy atom. The summed E-state index contributed by atoms with van der Waals surface area (Å²) >= 11 is 0. The average molecular weight is 256 g/mol. The molecule has 2 atom stereocenters. The molecule has 17 heavy (non-hydrogen) atoms. The van der Waals surface area contributed by atoms with Gasteiger partial charge in [-0.05, 0) is 12.8 Å². The Morgan fingerprint density at radius 1 is 1.18 bits per heavy atom. The number of rotatable bonds is 2. The summed E-state index contributed by atoms with van der Waals surface area (Å²) in [6, 6.07) is 0. The lowest BCUT2D eigenvalue weighted by Gasteiger charge is -2.27. The number of hydrogen-bond donors (Lipinski definition) is 0. The highest BCUT2D eigenvalue weighted by atomic mass is 19.4. The van der Waals surface area contributed by atoms with Crippen molar-refractivity contribution in [2.45, 2.75) is 50.5 Å². The van der Waals surface area contributed by atoms with Gasteiger partial charge < -0.3 is 4.74 Å². The lowest BCUT2D eigenvalue weighted by molar-refractivity contribution is -0.491. The van der Waals surface area contributed by atoms with E-state index in [-0.39, 0.29) is 5.92 Å². The Balaban J connectivity index is 2.02. The van der Waals surface area contributed by atoms with E-state index in [0.717, 1.165) is 39.2 Å². The van der Waals surface area contributed by atoms with E-state index in [9.17, 15) is 13.2 Å². The van der Waals surface area contributed by atoms with Crippen LogP contribution in [0.2, 0.25) is 0 Å². The summed E-state index contributed by atoms with van der Waals surface area (Å²) < 4.78 is 47.2. The molecule has 0 aromatic heterocycles. The van der Waals surface area contributed by atoms with E-state index >= 15 is 0 Å². The first-order valence-electron chi connectivity index (χ1n) is 5.63. The smallest absolute Gasteiger partial charge is 0.322 e. The minimum Gasteiger partial charge on any atom is -0.322 e. The second kappa shape index (κ2) is 4.72.